The molecule has 0 aliphatic rings. The predicted octanol–water partition coefficient (Wildman–Crippen LogP) is 2.17. The molecule has 0 saturated carbocycles. The molecular weight excluding hydrogens is 286 g/mol. The molecule has 0 radical (unpaired) electrons. The molecule has 0 bridgehead atoms. The van der Waals surface area contributed by atoms with E-state index in [4.69, 9.17) is 14.2 Å². The molecule has 0 unspecified atom stereocenters. The molecule has 1 aromatic rings. The van der Waals surface area contributed by atoms with E-state index >= 15 is 0 Å². The van der Waals surface area contributed by atoms with Crippen molar-refractivity contribution < 1.29 is 23.8 Å². The molecule has 22 heavy (non-hydrogen) atoms. The quantitative estimate of drug-likeness (QED) is 0.708. The lowest BCUT2D eigenvalue weighted by molar-refractivity contribution is -0.123. The summed E-state index contributed by atoms with van der Waals surface area (Å²) < 4.78 is 16.1. The number of nitrogens with one attached hydrogen (secondary N) is 1. The summed E-state index contributed by atoms with van der Waals surface area (Å²) in [7, 11) is 1.48. The van der Waals surface area contributed by atoms with Crippen LogP contribution in [0.3, 0.4) is 0 Å². The molecule has 1 rings (SSSR count). The molecule has 1 aromatic carbocycles. The molecule has 0 atom stereocenters. The number of ether oxygens (including phenoxy) is 3. The second-order valence-electron chi connectivity index (χ2n) is 4.61. The minimum Gasteiger partial charge on any atom is -0.490 e. The highest BCUT2D eigenvalue weighted by molar-refractivity contribution is 5.92. The van der Waals surface area contributed by atoms with Crippen molar-refractivity contribution in [3.63, 3.8) is 0 Å². The molecule has 1 amide bonds. The van der Waals surface area contributed by atoms with E-state index in [1.165, 1.54) is 7.05 Å². The number of esters is 1. The maximum atomic E-state index is 11.9. The van der Waals surface area contributed by atoms with Crippen LogP contribution in [0.1, 0.15) is 37.0 Å². The smallest absolute Gasteiger partial charge is 0.338 e. The Labute approximate surface area is 130 Å². The third-order valence-electron chi connectivity index (χ3n) is 2.72. The van der Waals surface area contributed by atoms with E-state index in [-0.39, 0.29) is 12.5 Å². The van der Waals surface area contributed by atoms with Gasteiger partial charge in [0.15, 0.2) is 18.1 Å². The van der Waals surface area contributed by atoms with Crippen LogP contribution < -0.4 is 14.8 Å². The first-order chi connectivity index (χ1) is 10.6. The highest BCUT2D eigenvalue weighted by atomic mass is 16.5. The fraction of sp³-hybridized carbons (Fsp3) is 0.500. The maximum absolute atomic E-state index is 11.9. The van der Waals surface area contributed by atoms with E-state index in [9.17, 15) is 9.59 Å². The zero-order valence-corrected chi connectivity index (χ0v) is 13.3. The summed E-state index contributed by atoms with van der Waals surface area (Å²) in [6.45, 7) is 4.79. The third kappa shape index (κ3) is 5.63. The standard InChI is InChI=1S/C16H23NO5/c1-4-8-20-13-7-6-12(10-14(13)21-9-5-2)16(19)22-11-15(18)17-3/h6-7,10H,4-5,8-9,11H2,1-3H3,(H,17,18). The van der Waals surface area contributed by atoms with Crippen molar-refractivity contribution in [2.24, 2.45) is 0 Å². The molecular formula is C16H23NO5. The van der Waals surface area contributed by atoms with Crippen LogP contribution >= 0.6 is 0 Å². The van der Waals surface area contributed by atoms with Gasteiger partial charge < -0.3 is 19.5 Å². The number of carbonyl (C=O) groups excluding carboxylic acids is 2. The van der Waals surface area contributed by atoms with Gasteiger partial charge in [-0.2, -0.15) is 0 Å². The Hall–Kier alpha value is -2.24. The predicted molar refractivity (Wildman–Crippen MR) is 82.4 cm³/mol. The average molecular weight is 309 g/mol. The van der Waals surface area contributed by atoms with Crippen LogP contribution in [-0.2, 0) is 9.53 Å². The molecule has 6 nitrogen and oxygen atoms in total. The van der Waals surface area contributed by atoms with Gasteiger partial charge in [-0.1, -0.05) is 13.8 Å². The van der Waals surface area contributed by atoms with Crippen LogP contribution in [0.15, 0.2) is 18.2 Å². The fourth-order valence-corrected chi connectivity index (χ4v) is 1.58. The lowest BCUT2D eigenvalue weighted by atomic mass is 10.2. The van der Waals surface area contributed by atoms with E-state index in [1.807, 2.05) is 13.8 Å². The molecule has 6 heteroatoms. The number of carbonyl (C=O) groups is 2. The second-order valence-corrected chi connectivity index (χ2v) is 4.61. The van der Waals surface area contributed by atoms with Gasteiger partial charge in [0.2, 0.25) is 0 Å². The van der Waals surface area contributed by atoms with Crippen molar-refractivity contribution >= 4 is 11.9 Å². The summed E-state index contributed by atoms with van der Waals surface area (Å²) in [5, 5.41) is 2.38. The molecule has 0 saturated heterocycles. The lowest BCUT2D eigenvalue weighted by Crippen LogP contribution is -2.25. The van der Waals surface area contributed by atoms with Crippen LogP contribution in [0.5, 0.6) is 11.5 Å². The van der Waals surface area contributed by atoms with Crippen LogP contribution in [0, 0.1) is 0 Å². The largest absolute Gasteiger partial charge is 0.490 e. The molecule has 0 fully saturated rings. The minimum atomic E-state index is -0.577. The molecule has 0 aliphatic heterocycles. The Kier molecular flexibility index (Phi) is 7.81. The first-order valence-corrected chi connectivity index (χ1v) is 7.39. The van der Waals surface area contributed by atoms with Crippen LogP contribution in [-0.4, -0.2) is 38.7 Å². The number of amides is 1. The van der Waals surface area contributed by atoms with Gasteiger partial charge >= 0.3 is 5.97 Å². The molecule has 122 valence electrons. The summed E-state index contributed by atoms with van der Waals surface area (Å²) in [6.07, 6.45) is 1.72. The topological polar surface area (TPSA) is 73.9 Å². The zero-order valence-electron chi connectivity index (χ0n) is 13.3. The molecule has 0 aromatic heterocycles. The summed E-state index contributed by atoms with van der Waals surface area (Å²) in [6, 6.07) is 4.85. The van der Waals surface area contributed by atoms with Crippen molar-refractivity contribution in [2.75, 3.05) is 26.9 Å². The lowest BCUT2D eigenvalue weighted by Gasteiger charge is -2.13. The Bertz CT molecular complexity index is 501. The van der Waals surface area contributed by atoms with Crippen molar-refractivity contribution in [2.45, 2.75) is 26.7 Å². The van der Waals surface area contributed by atoms with Gasteiger partial charge in [-0.3, -0.25) is 4.79 Å². The van der Waals surface area contributed by atoms with Gasteiger partial charge in [-0.15, -0.1) is 0 Å². The molecule has 0 spiro atoms. The van der Waals surface area contributed by atoms with Gasteiger partial charge in [0.05, 0.1) is 18.8 Å². The van der Waals surface area contributed by atoms with Crippen molar-refractivity contribution in [1.82, 2.24) is 5.32 Å². The minimum absolute atomic E-state index is 0.311. The number of benzene rings is 1. The number of hydrogen-bond acceptors (Lipinski definition) is 5. The van der Waals surface area contributed by atoms with Crippen molar-refractivity contribution in [1.29, 1.82) is 0 Å². The Morgan fingerprint density at radius 2 is 1.68 bits per heavy atom. The number of hydrogen-bond donors (Lipinski definition) is 1. The van der Waals surface area contributed by atoms with Gasteiger partial charge in [-0.25, -0.2) is 4.79 Å². The zero-order chi connectivity index (χ0) is 16.4. The molecule has 1 N–H and O–H groups in total. The molecule has 0 aliphatic carbocycles. The van der Waals surface area contributed by atoms with Crippen molar-refractivity contribution in [3.05, 3.63) is 23.8 Å². The van der Waals surface area contributed by atoms with E-state index in [0.717, 1.165) is 12.8 Å². The first-order valence-electron chi connectivity index (χ1n) is 7.39. The Morgan fingerprint density at radius 3 is 2.27 bits per heavy atom. The second kappa shape index (κ2) is 9.65. The van der Waals surface area contributed by atoms with Crippen molar-refractivity contribution in [3.8, 4) is 11.5 Å². The van der Waals surface area contributed by atoms with E-state index in [2.05, 4.69) is 5.32 Å². The Balaban J connectivity index is 2.82. The number of rotatable bonds is 9. The summed E-state index contributed by atoms with van der Waals surface area (Å²) >= 11 is 0. The highest BCUT2D eigenvalue weighted by Crippen LogP contribution is 2.29. The highest BCUT2D eigenvalue weighted by Gasteiger charge is 2.14. The van der Waals surface area contributed by atoms with Gasteiger partial charge in [-0.05, 0) is 31.0 Å². The molecule has 0 heterocycles. The van der Waals surface area contributed by atoms with Crippen LogP contribution in [0.25, 0.3) is 0 Å². The maximum Gasteiger partial charge on any atom is 0.338 e. The monoisotopic (exact) mass is 309 g/mol. The normalized spacial score (nSPS) is 9.95. The summed E-state index contributed by atoms with van der Waals surface area (Å²) in [5.74, 6) is 0.161. The Morgan fingerprint density at radius 1 is 1.05 bits per heavy atom. The fourth-order valence-electron chi connectivity index (χ4n) is 1.58. The van der Waals surface area contributed by atoms with Gasteiger partial charge in [0.1, 0.15) is 0 Å². The number of likely N-dealkylation sites (N-methyl/N-ethyl adjacent to an activating group) is 1. The summed E-state index contributed by atoms with van der Waals surface area (Å²) in [5.41, 5.74) is 0.318. The van der Waals surface area contributed by atoms with Crippen LogP contribution in [0.4, 0.5) is 0 Å². The van der Waals surface area contributed by atoms with Gasteiger partial charge in [0, 0.05) is 7.05 Å². The first kappa shape index (κ1) is 17.8. The van der Waals surface area contributed by atoms with Crippen LogP contribution in [0.2, 0.25) is 0 Å². The van der Waals surface area contributed by atoms with E-state index in [0.29, 0.717) is 30.3 Å². The average Bonchev–Trinajstić information content (AvgIpc) is 2.55. The van der Waals surface area contributed by atoms with E-state index < -0.39 is 5.97 Å². The van der Waals surface area contributed by atoms with E-state index in [1.54, 1.807) is 18.2 Å². The summed E-state index contributed by atoms with van der Waals surface area (Å²) in [4.78, 5) is 23.0. The third-order valence-corrected chi connectivity index (χ3v) is 2.72. The van der Waals surface area contributed by atoms with Gasteiger partial charge in [0.25, 0.3) is 5.91 Å². The SMILES string of the molecule is CCCOc1ccc(C(=O)OCC(=O)NC)cc1OCCC.